The van der Waals surface area contributed by atoms with E-state index >= 15 is 0 Å². The summed E-state index contributed by atoms with van der Waals surface area (Å²) in [5.41, 5.74) is 9.57. The Labute approximate surface area is 99.8 Å². The third-order valence-electron chi connectivity index (χ3n) is 3.39. The van der Waals surface area contributed by atoms with Gasteiger partial charge in [-0.15, -0.1) is 0 Å². The number of aromatic amines is 1. The van der Waals surface area contributed by atoms with E-state index in [9.17, 15) is 0 Å². The third kappa shape index (κ3) is 1.62. The van der Waals surface area contributed by atoms with Gasteiger partial charge in [0, 0.05) is 22.1 Å². The van der Waals surface area contributed by atoms with Gasteiger partial charge < -0.3 is 10.7 Å². The fourth-order valence-electron chi connectivity index (χ4n) is 2.21. The van der Waals surface area contributed by atoms with Gasteiger partial charge in [0.05, 0.1) is 5.02 Å². The van der Waals surface area contributed by atoms with Crippen molar-refractivity contribution in [1.82, 2.24) is 4.98 Å². The minimum atomic E-state index is 0.0165. The number of hydrogen-bond acceptors (Lipinski definition) is 1. The van der Waals surface area contributed by atoms with Gasteiger partial charge in [-0.3, -0.25) is 0 Å². The van der Waals surface area contributed by atoms with E-state index in [4.69, 9.17) is 17.3 Å². The molecule has 1 aromatic heterocycles. The Morgan fingerprint density at radius 1 is 1.44 bits per heavy atom. The summed E-state index contributed by atoms with van der Waals surface area (Å²) in [5.74, 6) is 0. The summed E-state index contributed by atoms with van der Waals surface area (Å²) in [5, 5.41) is 1.97. The molecule has 0 atom stereocenters. The van der Waals surface area contributed by atoms with Crippen molar-refractivity contribution < 1.29 is 0 Å². The van der Waals surface area contributed by atoms with Crippen LogP contribution in [0.1, 0.15) is 24.1 Å². The van der Waals surface area contributed by atoms with Crippen LogP contribution in [0.15, 0.2) is 18.2 Å². The van der Waals surface area contributed by atoms with Crippen LogP contribution in [0.5, 0.6) is 0 Å². The summed E-state index contributed by atoms with van der Waals surface area (Å²) in [7, 11) is 0. The molecule has 1 saturated carbocycles. The highest BCUT2D eigenvalue weighted by atomic mass is 35.5. The topological polar surface area (TPSA) is 41.8 Å². The number of hydrogen-bond donors (Lipinski definition) is 2. The maximum Gasteiger partial charge on any atom is 0.0532 e. The molecule has 0 saturated heterocycles. The molecule has 3 heteroatoms. The smallest absolute Gasteiger partial charge is 0.0532 e. The lowest BCUT2D eigenvalue weighted by Crippen LogP contribution is -2.24. The summed E-state index contributed by atoms with van der Waals surface area (Å²) in [6, 6.07) is 6.28. The van der Waals surface area contributed by atoms with Crippen LogP contribution in [-0.2, 0) is 6.42 Å². The van der Waals surface area contributed by atoms with Gasteiger partial charge in [0.2, 0.25) is 0 Å². The molecule has 1 aliphatic rings. The Morgan fingerprint density at radius 2 is 2.19 bits per heavy atom. The van der Waals surface area contributed by atoms with Crippen molar-refractivity contribution >= 4 is 22.5 Å². The number of benzene rings is 1. The fourth-order valence-corrected chi connectivity index (χ4v) is 2.49. The molecule has 84 valence electrons. The normalized spacial score (nSPS) is 17.9. The zero-order chi connectivity index (χ0) is 11.3. The maximum atomic E-state index is 6.41. The lowest BCUT2D eigenvalue weighted by molar-refractivity contribution is 0.673. The molecule has 0 amide bonds. The van der Waals surface area contributed by atoms with Crippen molar-refractivity contribution in [2.75, 3.05) is 0 Å². The van der Waals surface area contributed by atoms with Crippen molar-refractivity contribution in [1.29, 1.82) is 0 Å². The quantitative estimate of drug-likeness (QED) is 0.824. The van der Waals surface area contributed by atoms with E-state index in [1.54, 1.807) is 0 Å². The average molecular weight is 235 g/mol. The van der Waals surface area contributed by atoms with Gasteiger partial charge in [-0.1, -0.05) is 17.7 Å². The van der Waals surface area contributed by atoms with Gasteiger partial charge in [-0.25, -0.2) is 0 Å². The fraction of sp³-hybridized carbons (Fsp3) is 0.385. The van der Waals surface area contributed by atoms with Crippen LogP contribution in [0.2, 0.25) is 5.02 Å². The summed E-state index contributed by atoms with van der Waals surface area (Å²) < 4.78 is 0. The number of fused-ring (bicyclic) bond motifs is 1. The Hall–Kier alpha value is -0.990. The third-order valence-corrected chi connectivity index (χ3v) is 3.83. The molecule has 0 aliphatic heterocycles. The summed E-state index contributed by atoms with van der Waals surface area (Å²) in [6.45, 7) is 2.04. The first-order chi connectivity index (χ1) is 7.57. The van der Waals surface area contributed by atoms with Crippen molar-refractivity contribution in [2.24, 2.45) is 5.73 Å². The first-order valence-corrected chi connectivity index (χ1v) is 6.01. The van der Waals surface area contributed by atoms with E-state index in [0.29, 0.717) is 0 Å². The molecular weight excluding hydrogens is 220 g/mol. The summed E-state index contributed by atoms with van der Waals surface area (Å²) in [4.78, 5) is 3.29. The Kier molecular flexibility index (Phi) is 2.07. The van der Waals surface area contributed by atoms with E-state index in [0.717, 1.165) is 40.9 Å². The number of aryl methyl sites for hydroxylation is 1. The Bertz CT molecular complexity index is 552. The van der Waals surface area contributed by atoms with E-state index in [1.165, 1.54) is 5.56 Å². The molecule has 1 aliphatic carbocycles. The molecule has 16 heavy (non-hydrogen) atoms. The monoisotopic (exact) mass is 234 g/mol. The Balaban J connectivity index is 2.08. The zero-order valence-electron chi connectivity index (χ0n) is 9.31. The number of rotatable bonds is 2. The maximum absolute atomic E-state index is 6.41. The second-order valence-corrected chi connectivity index (χ2v) is 5.37. The number of nitrogens with one attached hydrogen (secondary N) is 1. The molecule has 1 aromatic carbocycles. The summed E-state index contributed by atoms with van der Waals surface area (Å²) >= 11 is 6.41. The van der Waals surface area contributed by atoms with Gasteiger partial charge in [-0.2, -0.15) is 0 Å². The lowest BCUT2D eigenvalue weighted by atomic mass is 10.0. The van der Waals surface area contributed by atoms with E-state index in [1.807, 2.05) is 6.92 Å². The highest BCUT2D eigenvalue weighted by molar-refractivity contribution is 6.36. The van der Waals surface area contributed by atoms with Gasteiger partial charge in [0.15, 0.2) is 0 Å². The predicted molar refractivity (Wildman–Crippen MR) is 67.9 cm³/mol. The summed E-state index contributed by atoms with van der Waals surface area (Å²) in [6.07, 6.45) is 3.13. The van der Waals surface area contributed by atoms with Crippen LogP contribution in [0, 0.1) is 6.92 Å². The molecule has 3 rings (SSSR count). The van der Waals surface area contributed by atoms with Crippen LogP contribution in [0.3, 0.4) is 0 Å². The minimum absolute atomic E-state index is 0.0165. The molecular formula is C13H15ClN2. The van der Waals surface area contributed by atoms with Crippen molar-refractivity contribution in [3.63, 3.8) is 0 Å². The van der Waals surface area contributed by atoms with Crippen LogP contribution in [-0.4, -0.2) is 10.5 Å². The Morgan fingerprint density at radius 3 is 2.88 bits per heavy atom. The molecule has 2 nitrogen and oxygen atoms in total. The van der Waals surface area contributed by atoms with Crippen LogP contribution >= 0.6 is 11.6 Å². The molecule has 3 N–H and O–H groups in total. The average Bonchev–Trinajstić information content (AvgIpc) is 2.81. The zero-order valence-corrected chi connectivity index (χ0v) is 10.1. The van der Waals surface area contributed by atoms with E-state index < -0.39 is 0 Å². The van der Waals surface area contributed by atoms with Gasteiger partial charge >= 0.3 is 0 Å². The van der Waals surface area contributed by atoms with Crippen LogP contribution in [0.4, 0.5) is 0 Å². The predicted octanol–water partition coefficient (Wildman–Crippen LogP) is 3.16. The van der Waals surface area contributed by atoms with Gasteiger partial charge in [0.25, 0.3) is 0 Å². The largest absolute Gasteiger partial charge is 0.359 e. The standard InChI is InChI=1S/C13H15ClN2/c1-8-6-10-11(16-8)3-2-9(12(10)14)7-13(15)4-5-13/h2-3,6,16H,4-5,7,15H2,1H3. The molecule has 0 bridgehead atoms. The van der Waals surface area contributed by atoms with Crippen molar-refractivity contribution in [3.8, 4) is 0 Å². The van der Waals surface area contributed by atoms with E-state index in [-0.39, 0.29) is 5.54 Å². The first kappa shape index (κ1) is 10.2. The number of aromatic nitrogens is 1. The molecule has 0 unspecified atom stereocenters. The van der Waals surface area contributed by atoms with Gasteiger partial charge in [-0.05, 0) is 43.9 Å². The molecule has 0 spiro atoms. The van der Waals surface area contributed by atoms with E-state index in [2.05, 4.69) is 23.2 Å². The molecule has 2 aromatic rings. The van der Waals surface area contributed by atoms with Gasteiger partial charge in [0.1, 0.15) is 0 Å². The number of halogens is 1. The van der Waals surface area contributed by atoms with Crippen molar-refractivity contribution in [2.45, 2.75) is 31.7 Å². The second kappa shape index (κ2) is 3.25. The SMILES string of the molecule is Cc1cc2c(Cl)c(CC3(N)CC3)ccc2[nH]1. The van der Waals surface area contributed by atoms with Crippen LogP contribution < -0.4 is 5.73 Å². The number of nitrogens with two attached hydrogens (primary N) is 1. The molecule has 1 fully saturated rings. The highest BCUT2D eigenvalue weighted by Crippen LogP contribution is 2.38. The van der Waals surface area contributed by atoms with Crippen molar-refractivity contribution in [3.05, 3.63) is 34.5 Å². The number of H-pyrrole nitrogens is 1. The lowest BCUT2D eigenvalue weighted by Gasteiger charge is -2.10. The molecule has 0 radical (unpaired) electrons. The van der Waals surface area contributed by atoms with Crippen LogP contribution in [0.25, 0.3) is 10.9 Å². The molecule has 1 heterocycles. The second-order valence-electron chi connectivity index (χ2n) is 4.99. The minimum Gasteiger partial charge on any atom is -0.359 e. The highest BCUT2D eigenvalue weighted by Gasteiger charge is 2.38. The first-order valence-electron chi connectivity index (χ1n) is 5.63.